The Morgan fingerprint density at radius 3 is 1.46 bits per heavy atom. The first kappa shape index (κ1) is 91.8. The highest BCUT2D eigenvalue weighted by molar-refractivity contribution is 7.87. The summed E-state index contributed by atoms with van der Waals surface area (Å²) in [5.41, 5.74) is 29.8. The number of carboxylic acids is 2. The summed E-state index contributed by atoms with van der Waals surface area (Å²) in [5, 5.41) is 62.9. The smallest absolute Gasteiger partial charge is 0.363 e. The van der Waals surface area contributed by atoms with Crippen LogP contribution in [0.1, 0.15) is 112 Å². The van der Waals surface area contributed by atoms with E-state index in [-0.39, 0.29) is 74.2 Å². The number of carbonyl (C=O) groups excluding carboxylic acids is 4. The predicted molar refractivity (Wildman–Crippen MR) is 416 cm³/mol. The number of hydrogen-bond acceptors (Lipinski definition) is 31. The van der Waals surface area contributed by atoms with Crippen LogP contribution in [-0.2, 0) is 81.1 Å². The number of fused-ring (bicyclic) bond motifs is 4. The number of carboxylic acid groups (broad SMARTS) is 2. The zero-order valence-electron chi connectivity index (χ0n) is 63.5. The van der Waals surface area contributed by atoms with Crippen LogP contribution in [0.3, 0.4) is 0 Å². The summed E-state index contributed by atoms with van der Waals surface area (Å²) in [4.78, 5) is 83.0. The molecule has 17 N–H and O–H groups in total. The van der Waals surface area contributed by atoms with Crippen molar-refractivity contribution in [3.63, 3.8) is 0 Å². The number of hydrogen-bond donors (Lipinski definition) is 12. The van der Waals surface area contributed by atoms with Crippen LogP contribution in [0.4, 0.5) is 11.4 Å². The zero-order chi connectivity index (χ0) is 87.4. The Kier molecular flexibility index (Phi) is 31.2. The molecule has 45 nitrogen and oxygen atoms in total. The molecule has 632 valence electrons. The molecule has 0 bridgehead atoms. The molecular weight excluding hydrogens is 1650 g/mol. The second-order valence-corrected chi connectivity index (χ2v) is 31.0. The van der Waals surface area contributed by atoms with E-state index in [0.29, 0.717) is 64.3 Å². The number of benzene rings is 6. The van der Waals surface area contributed by atoms with Gasteiger partial charge in [0.1, 0.15) is 25.1 Å². The van der Waals surface area contributed by atoms with E-state index in [9.17, 15) is 90.9 Å². The number of nitrogens with one attached hydrogen (secondary N) is 3. The maximum atomic E-state index is 13.1. The van der Waals surface area contributed by atoms with E-state index in [2.05, 4.69) is 82.3 Å². The number of imide groups is 1. The van der Waals surface area contributed by atoms with Crippen LogP contribution in [0.2, 0.25) is 0 Å². The Morgan fingerprint density at radius 1 is 0.597 bits per heavy atom. The third kappa shape index (κ3) is 22.9. The lowest BCUT2D eigenvalue weighted by Crippen LogP contribution is -2.47. The highest BCUT2D eigenvalue weighted by atomic mass is 32.2. The number of aromatic carboxylic acids is 2. The van der Waals surface area contributed by atoms with Crippen LogP contribution < -0.4 is 54.7 Å². The van der Waals surface area contributed by atoms with Crippen LogP contribution >= 0.6 is 0 Å². The van der Waals surface area contributed by atoms with E-state index in [1.165, 1.54) is 56.0 Å². The van der Waals surface area contributed by atoms with Gasteiger partial charge in [-0.1, -0.05) is 53.6 Å². The molecule has 4 aromatic carbocycles. The number of azide groups is 2. The van der Waals surface area contributed by atoms with Gasteiger partial charge in [0.2, 0.25) is 15.6 Å². The molecular formula is C70H80N22O23S4. The van der Waals surface area contributed by atoms with Crippen LogP contribution in [0.25, 0.3) is 87.7 Å². The molecule has 0 atom stereocenters. The third-order valence-electron chi connectivity index (χ3n) is 17.7. The number of nitrogens with two attached hydrogens (primary N) is 5. The standard InChI is InChI=1S/C30H30N10O10S2.C25H17N3O13S2.C9H18N8.C6H15N/c31-22-7-5-19-24(20-6-8-23(32)28(52(47,48)49)26(20)50-25(19)27(22)51(44,45)46)18-4-3-16(13-21(18)30(42)43)29(41)35-10-2-12-40-15-17(37-39-40)14-34-9-1-11-36-38-33;26-15-5-3-12-19(11-2-1-10(9-14(11)24(31)32)25(33)41-28-17(29)7-8-18(28)30)13-4-6-16(27)23(43(37,38)39)21(13)40-20(12)22(15)42(34,35)36;10-3-1-6-17-8-9(14-16-17)7-12-4-2-5-13-15-11;1-4-7(5-2)6-3/h3-8,13,15,31,34H,1-2,9-12,14,32H2,(H,35,41)(H,42,43)(H,44,45,46)(H,47,48,49);1-6,9,26H,7-8,27H2,(H,31,32)(H,34,35,36)(H,37,38,39);8,12H,1-7,10H2;4-6H2,1-3H3. The van der Waals surface area contributed by atoms with Gasteiger partial charge < -0.3 is 71.0 Å². The highest BCUT2D eigenvalue weighted by Crippen LogP contribution is 2.48. The summed E-state index contributed by atoms with van der Waals surface area (Å²) in [6.45, 7) is 15.6. The molecule has 0 radical (unpaired) electrons. The molecule has 2 aliphatic carbocycles. The lowest BCUT2D eigenvalue weighted by Gasteiger charge is -2.21. The average Bonchev–Trinajstić information content (AvgIpc) is 1.08. The molecule has 119 heavy (non-hydrogen) atoms. The number of amides is 3. The fraction of sp³-hybridized carbons (Fsp3) is 0.314. The zero-order valence-corrected chi connectivity index (χ0v) is 66.8. The van der Waals surface area contributed by atoms with E-state index in [1.54, 1.807) is 15.6 Å². The predicted octanol–water partition coefficient (Wildman–Crippen LogP) is 1.78. The van der Waals surface area contributed by atoms with E-state index in [4.69, 9.17) is 52.8 Å². The van der Waals surface area contributed by atoms with Gasteiger partial charge in [-0.25, -0.2) is 31.2 Å². The second kappa shape index (κ2) is 40.4. The first-order valence-corrected chi connectivity index (χ1v) is 41.5. The lowest BCUT2D eigenvalue weighted by molar-refractivity contribution is -0.177. The van der Waals surface area contributed by atoms with Crippen LogP contribution in [0.15, 0.2) is 136 Å². The minimum absolute atomic E-state index is 0.0557. The highest BCUT2D eigenvalue weighted by Gasteiger charge is 2.37. The molecule has 0 unspecified atom stereocenters. The monoisotopic (exact) mass is 1720 g/mol. The van der Waals surface area contributed by atoms with Gasteiger partial charge in [-0.2, -0.15) is 16.8 Å². The van der Waals surface area contributed by atoms with Crippen molar-refractivity contribution >= 4 is 109 Å². The van der Waals surface area contributed by atoms with E-state index >= 15 is 0 Å². The largest absolute Gasteiger partial charge is 0.744 e. The Balaban J connectivity index is 0.000000234. The molecule has 2 aromatic heterocycles. The molecule has 5 heterocycles. The molecule has 0 spiro atoms. The first-order valence-electron chi connectivity index (χ1n) is 35.8. The summed E-state index contributed by atoms with van der Waals surface area (Å²) in [6.07, 6.45) is 6.12. The maximum Gasteiger partial charge on any atom is 0.363 e. The summed E-state index contributed by atoms with van der Waals surface area (Å²) in [7, 11) is -21.1. The fourth-order valence-corrected chi connectivity index (χ4v) is 15.1. The van der Waals surface area contributed by atoms with Crippen LogP contribution in [0, 0.1) is 0 Å². The first-order chi connectivity index (χ1) is 56.3. The minimum Gasteiger partial charge on any atom is -0.744 e. The van der Waals surface area contributed by atoms with E-state index in [1.807, 2.05) is 6.20 Å². The molecule has 0 saturated carbocycles. The van der Waals surface area contributed by atoms with Gasteiger partial charge in [0.15, 0.2) is 32.5 Å². The summed E-state index contributed by atoms with van der Waals surface area (Å²) in [6, 6.07) is 15.7. The van der Waals surface area contributed by atoms with Crippen LogP contribution in [-0.4, -0.2) is 197 Å². The Labute approximate surface area is 676 Å². The van der Waals surface area contributed by atoms with Crippen molar-refractivity contribution in [2.75, 3.05) is 70.4 Å². The Bertz CT molecular complexity index is 6160. The van der Waals surface area contributed by atoms with Crippen molar-refractivity contribution in [3.8, 4) is 44.9 Å². The molecule has 5 aliphatic rings. The number of nitrogens with zero attached hydrogens (tertiary/aromatic N) is 14. The quantitative estimate of drug-likeness (QED) is 0.00408. The summed E-state index contributed by atoms with van der Waals surface area (Å²) < 4.78 is 157. The summed E-state index contributed by atoms with van der Waals surface area (Å²) in [5.74, 6) is -8.06. The minimum atomic E-state index is -5.40. The van der Waals surface area contributed by atoms with Gasteiger partial charge in [-0.15, -0.1) is 15.3 Å². The fourth-order valence-electron chi connectivity index (χ4n) is 12.2. The Morgan fingerprint density at radius 2 is 1.03 bits per heavy atom. The van der Waals surface area contributed by atoms with Gasteiger partial charge in [0, 0.05) is 132 Å². The number of carbonyl (C=O) groups is 6. The van der Waals surface area contributed by atoms with Crippen molar-refractivity contribution in [2.24, 2.45) is 16.0 Å². The molecule has 3 aliphatic heterocycles. The van der Waals surface area contributed by atoms with Crippen LogP contribution in [0.5, 0.6) is 0 Å². The number of aromatic nitrogens is 6. The number of aryl methyl sites for hydroxylation is 2. The lowest BCUT2D eigenvalue weighted by atomic mass is 9.89. The molecule has 1 saturated heterocycles. The normalized spacial score (nSPS) is 12.3. The van der Waals surface area contributed by atoms with Crippen molar-refractivity contribution in [3.05, 3.63) is 163 Å². The molecule has 11 rings (SSSR count). The van der Waals surface area contributed by atoms with Crippen molar-refractivity contribution in [2.45, 2.75) is 105 Å². The number of rotatable bonds is 33. The van der Waals surface area contributed by atoms with Gasteiger partial charge in [-0.05, 0) is 148 Å². The van der Waals surface area contributed by atoms with Gasteiger partial charge in [0.05, 0.1) is 39.5 Å². The van der Waals surface area contributed by atoms with Crippen molar-refractivity contribution < 1.29 is 115 Å². The molecule has 1 fully saturated rings. The van der Waals surface area contributed by atoms with Gasteiger partial charge in [-0.3, -0.25) is 43.7 Å². The number of nitrogen functional groups attached to an aromatic ring is 2. The van der Waals surface area contributed by atoms with E-state index < -0.39 is 157 Å². The second-order valence-electron chi connectivity index (χ2n) is 25.6. The molecule has 6 aromatic rings. The average molecular weight is 1730 g/mol. The van der Waals surface area contributed by atoms with Gasteiger partial charge >= 0.3 is 28.0 Å². The van der Waals surface area contributed by atoms with Crippen molar-refractivity contribution in [1.82, 2.24) is 55.9 Å². The number of hydroxylamine groups is 2. The number of anilines is 2. The van der Waals surface area contributed by atoms with Gasteiger partial charge in [0.25, 0.3) is 27.8 Å². The molecule has 3 amide bonds. The molecule has 49 heteroatoms. The maximum absolute atomic E-state index is 13.1. The Hall–Kier alpha value is -12.7. The SMILES string of the molecule is CCN(CC)CC.Nc1ccc2c(-c3ccc(C(=O)ON4C(=O)CCC4=O)cc3C(=O)O)c3ccc(=[NH2+])c(S(=O)(=O)[O-])c-3oc2c1S(=O)(=O)O.[N-]=[N+]=NCCCNCc1cn(CCCN)nn1.[N-]=[N+]=NCCCNCc1cn(CCCNC(=O)c2ccc(-c3c4ccc(=[NH2+])c(S(=O)(=O)O)c-4oc4c(S(=O)(=O)[O-])c(N)ccc34)c(C(=O)O)c2)nn1. The summed E-state index contributed by atoms with van der Waals surface area (Å²) >= 11 is 0. The third-order valence-corrected chi connectivity index (χ3v) is 21.4. The van der Waals surface area contributed by atoms with E-state index in [0.717, 1.165) is 80.2 Å². The van der Waals surface area contributed by atoms with Crippen molar-refractivity contribution in [1.29, 1.82) is 0 Å². The topological polar surface area (TPSA) is 732 Å².